The van der Waals surface area contributed by atoms with Crippen LogP contribution in [0.5, 0.6) is 5.75 Å². The van der Waals surface area contributed by atoms with Crippen molar-refractivity contribution in [2.75, 3.05) is 26.7 Å². The van der Waals surface area contributed by atoms with Gasteiger partial charge >= 0.3 is 0 Å². The lowest BCUT2D eigenvalue weighted by Gasteiger charge is -2.26. The minimum atomic E-state index is 0.0392. The molecule has 0 aliphatic heterocycles. The molecule has 2 N–H and O–H groups in total. The van der Waals surface area contributed by atoms with E-state index in [-0.39, 0.29) is 6.04 Å². The summed E-state index contributed by atoms with van der Waals surface area (Å²) < 4.78 is 5.49. The van der Waals surface area contributed by atoms with Gasteiger partial charge in [0.1, 0.15) is 5.75 Å². The van der Waals surface area contributed by atoms with Crippen molar-refractivity contribution in [3.63, 3.8) is 0 Å². The van der Waals surface area contributed by atoms with Crippen LogP contribution in [0.3, 0.4) is 0 Å². The number of nitrogens with zero attached hydrogens (tertiary/aromatic N) is 1. The van der Waals surface area contributed by atoms with Gasteiger partial charge in [-0.3, -0.25) is 0 Å². The van der Waals surface area contributed by atoms with E-state index in [4.69, 9.17) is 10.5 Å². The first-order valence-electron chi connectivity index (χ1n) is 8.28. The maximum atomic E-state index is 6.51. The zero-order chi connectivity index (χ0) is 14.8. The molecule has 2 aliphatic rings. The Morgan fingerprint density at radius 2 is 1.81 bits per heavy atom. The molecule has 3 nitrogen and oxygen atoms in total. The first-order valence-corrected chi connectivity index (χ1v) is 8.28. The van der Waals surface area contributed by atoms with Gasteiger partial charge in [0.2, 0.25) is 0 Å². The van der Waals surface area contributed by atoms with Crippen molar-refractivity contribution in [2.24, 2.45) is 17.6 Å². The summed E-state index contributed by atoms with van der Waals surface area (Å²) in [6.07, 6.45) is 5.63. The minimum Gasteiger partial charge on any atom is -0.496 e. The van der Waals surface area contributed by atoms with Crippen LogP contribution in [-0.2, 0) is 0 Å². The van der Waals surface area contributed by atoms with Crippen LogP contribution in [0.2, 0.25) is 0 Å². The summed E-state index contributed by atoms with van der Waals surface area (Å²) in [6, 6.07) is 6.34. The maximum absolute atomic E-state index is 6.51. The van der Waals surface area contributed by atoms with Crippen LogP contribution >= 0.6 is 0 Å². The maximum Gasteiger partial charge on any atom is 0.123 e. The molecule has 0 spiro atoms. The fourth-order valence-electron chi connectivity index (χ4n) is 3.07. The highest BCUT2D eigenvalue weighted by atomic mass is 16.5. The molecule has 0 bridgehead atoms. The third kappa shape index (κ3) is 4.21. The second-order valence-corrected chi connectivity index (χ2v) is 6.96. The Labute approximate surface area is 128 Å². The quantitative estimate of drug-likeness (QED) is 0.798. The molecule has 21 heavy (non-hydrogen) atoms. The topological polar surface area (TPSA) is 38.5 Å². The van der Waals surface area contributed by atoms with E-state index >= 15 is 0 Å². The molecule has 1 aromatic carbocycles. The zero-order valence-electron chi connectivity index (χ0n) is 13.3. The lowest BCUT2D eigenvalue weighted by Crippen LogP contribution is -2.35. The molecule has 0 heterocycles. The standard InChI is InChI=1S/C18H28N2O/c1-13-3-8-18(21-2)16(9-13)17(19)12-20(10-14-4-5-14)11-15-6-7-15/h3,8-9,14-15,17H,4-7,10-12,19H2,1-2H3. The van der Waals surface area contributed by atoms with Crippen molar-refractivity contribution in [2.45, 2.75) is 38.6 Å². The lowest BCUT2D eigenvalue weighted by molar-refractivity contribution is 0.236. The Balaban J connectivity index is 1.66. The molecule has 0 amide bonds. The predicted molar refractivity (Wildman–Crippen MR) is 86.5 cm³/mol. The second kappa shape index (κ2) is 6.37. The van der Waals surface area contributed by atoms with Gasteiger partial charge in [0, 0.05) is 31.2 Å². The van der Waals surface area contributed by atoms with E-state index in [1.807, 2.05) is 6.07 Å². The number of aryl methyl sites for hydroxylation is 1. The Morgan fingerprint density at radius 1 is 1.19 bits per heavy atom. The highest BCUT2D eigenvalue weighted by Gasteiger charge is 2.30. The number of methoxy groups -OCH3 is 1. The predicted octanol–water partition coefficient (Wildman–Crippen LogP) is 3.13. The Hall–Kier alpha value is -1.06. The van der Waals surface area contributed by atoms with E-state index in [1.54, 1.807) is 7.11 Å². The molecule has 1 unspecified atom stereocenters. The van der Waals surface area contributed by atoms with Crippen LogP contribution < -0.4 is 10.5 Å². The summed E-state index contributed by atoms with van der Waals surface area (Å²) in [7, 11) is 1.73. The SMILES string of the molecule is COc1ccc(C)cc1C(N)CN(CC1CC1)CC1CC1. The van der Waals surface area contributed by atoms with Crippen LogP contribution in [0, 0.1) is 18.8 Å². The normalized spacial score (nSPS) is 19.8. The highest BCUT2D eigenvalue weighted by molar-refractivity contribution is 5.39. The van der Waals surface area contributed by atoms with Gasteiger partial charge in [-0.1, -0.05) is 17.7 Å². The van der Waals surface area contributed by atoms with Crippen LogP contribution in [0.25, 0.3) is 0 Å². The fraction of sp³-hybridized carbons (Fsp3) is 0.667. The van der Waals surface area contributed by atoms with Crippen molar-refractivity contribution in [1.29, 1.82) is 0 Å². The summed E-state index contributed by atoms with van der Waals surface area (Å²) in [5.41, 5.74) is 8.91. The van der Waals surface area contributed by atoms with Gasteiger partial charge in [0.15, 0.2) is 0 Å². The highest BCUT2D eigenvalue weighted by Crippen LogP contribution is 2.35. The molecular weight excluding hydrogens is 260 g/mol. The van der Waals surface area contributed by atoms with Gasteiger partial charge in [-0.05, 0) is 50.5 Å². The molecule has 0 radical (unpaired) electrons. The minimum absolute atomic E-state index is 0.0392. The molecule has 0 aromatic heterocycles. The van der Waals surface area contributed by atoms with Gasteiger partial charge in [-0.15, -0.1) is 0 Å². The van der Waals surface area contributed by atoms with Crippen LogP contribution in [0.15, 0.2) is 18.2 Å². The van der Waals surface area contributed by atoms with Crippen molar-refractivity contribution in [3.8, 4) is 5.75 Å². The van der Waals surface area contributed by atoms with Gasteiger partial charge in [-0.25, -0.2) is 0 Å². The average molecular weight is 288 g/mol. The third-order valence-corrected chi connectivity index (χ3v) is 4.67. The average Bonchev–Trinajstić information content (AvgIpc) is 3.35. The van der Waals surface area contributed by atoms with Gasteiger partial charge in [-0.2, -0.15) is 0 Å². The van der Waals surface area contributed by atoms with Crippen molar-refractivity contribution in [1.82, 2.24) is 4.90 Å². The molecule has 2 fully saturated rings. The molecule has 0 saturated heterocycles. The van der Waals surface area contributed by atoms with Crippen LogP contribution in [-0.4, -0.2) is 31.6 Å². The summed E-state index contributed by atoms with van der Waals surface area (Å²) >= 11 is 0. The van der Waals surface area contributed by atoms with E-state index in [9.17, 15) is 0 Å². The van der Waals surface area contributed by atoms with Crippen molar-refractivity contribution in [3.05, 3.63) is 29.3 Å². The zero-order valence-corrected chi connectivity index (χ0v) is 13.3. The van der Waals surface area contributed by atoms with Gasteiger partial charge < -0.3 is 15.4 Å². The summed E-state index contributed by atoms with van der Waals surface area (Å²) in [5.74, 6) is 2.77. The Morgan fingerprint density at radius 3 is 2.33 bits per heavy atom. The van der Waals surface area contributed by atoms with E-state index in [1.165, 1.54) is 44.3 Å². The molecule has 1 aromatic rings. The summed E-state index contributed by atoms with van der Waals surface area (Å²) in [5, 5.41) is 0. The second-order valence-electron chi connectivity index (χ2n) is 6.96. The first kappa shape index (κ1) is 14.9. The first-order chi connectivity index (χ1) is 10.2. The van der Waals surface area contributed by atoms with E-state index in [2.05, 4.69) is 24.0 Å². The molecule has 2 saturated carbocycles. The molecule has 3 heteroatoms. The number of hydrogen-bond donors (Lipinski definition) is 1. The number of benzene rings is 1. The van der Waals surface area contributed by atoms with Gasteiger partial charge in [0.25, 0.3) is 0 Å². The fourth-order valence-corrected chi connectivity index (χ4v) is 3.07. The number of ether oxygens (including phenoxy) is 1. The van der Waals surface area contributed by atoms with E-state index < -0.39 is 0 Å². The number of rotatable bonds is 8. The Bertz CT molecular complexity index is 466. The Kier molecular flexibility index (Phi) is 4.51. The smallest absolute Gasteiger partial charge is 0.123 e. The van der Waals surface area contributed by atoms with Crippen molar-refractivity contribution < 1.29 is 4.74 Å². The third-order valence-electron chi connectivity index (χ3n) is 4.67. The molecule has 116 valence electrons. The monoisotopic (exact) mass is 288 g/mol. The molecular formula is C18H28N2O. The van der Waals surface area contributed by atoms with E-state index in [0.29, 0.717) is 0 Å². The number of nitrogens with two attached hydrogens (primary N) is 1. The van der Waals surface area contributed by atoms with Crippen LogP contribution in [0.1, 0.15) is 42.9 Å². The molecule has 2 aliphatic carbocycles. The molecule has 3 rings (SSSR count). The molecule has 1 atom stereocenters. The van der Waals surface area contributed by atoms with Crippen LogP contribution in [0.4, 0.5) is 0 Å². The number of hydrogen-bond acceptors (Lipinski definition) is 3. The largest absolute Gasteiger partial charge is 0.496 e. The van der Waals surface area contributed by atoms with Crippen molar-refractivity contribution >= 4 is 0 Å². The van der Waals surface area contributed by atoms with E-state index in [0.717, 1.165) is 29.7 Å². The summed E-state index contributed by atoms with van der Waals surface area (Å²) in [6.45, 7) is 5.53. The van der Waals surface area contributed by atoms with Gasteiger partial charge in [0.05, 0.1) is 7.11 Å². The lowest BCUT2D eigenvalue weighted by atomic mass is 10.0. The summed E-state index contributed by atoms with van der Waals surface area (Å²) in [4.78, 5) is 2.60.